The molecule has 0 aromatic carbocycles. The number of carboxylic acid groups (broad SMARTS) is 1. The van der Waals surface area contributed by atoms with E-state index in [2.05, 4.69) is 0 Å². The summed E-state index contributed by atoms with van der Waals surface area (Å²) in [5, 5.41) is 8.79. The summed E-state index contributed by atoms with van der Waals surface area (Å²) in [5.74, 6) is -3.55. The highest BCUT2D eigenvalue weighted by atomic mass is 19.4. The smallest absolute Gasteiger partial charge is 0.403 e. The van der Waals surface area contributed by atoms with Crippen LogP contribution in [0.25, 0.3) is 0 Å². The van der Waals surface area contributed by atoms with Gasteiger partial charge in [0.05, 0.1) is 0 Å². The number of hydrogen-bond donors (Lipinski definition) is 1. The molecule has 0 amide bonds. The molecular weight excluding hydrogens is 259 g/mol. The molecule has 0 spiro atoms. The van der Waals surface area contributed by atoms with Crippen LogP contribution in [0.2, 0.25) is 0 Å². The van der Waals surface area contributed by atoms with Gasteiger partial charge in [-0.1, -0.05) is 12.8 Å². The Hall–Kier alpha value is -0.780. The molecule has 6 heteroatoms. The van der Waals surface area contributed by atoms with Gasteiger partial charge in [0.25, 0.3) is 0 Å². The molecular formula is C13H20F3NO2. The van der Waals surface area contributed by atoms with Crippen molar-refractivity contribution < 1.29 is 23.1 Å². The van der Waals surface area contributed by atoms with Crippen molar-refractivity contribution in [2.75, 3.05) is 13.1 Å². The van der Waals surface area contributed by atoms with E-state index < -0.39 is 18.1 Å². The predicted octanol–water partition coefficient (Wildman–Crippen LogP) is 2.90. The first-order valence-corrected chi connectivity index (χ1v) is 6.93. The Labute approximate surface area is 110 Å². The van der Waals surface area contributed by atoms with E-state index in [4.69, 9.17) is 5.11 Å². The summed E-state index contributed by atoms with van der Waals surface area (Å²) in [6.45, 7) is 0.209. The zero-order chi connectivity index (χ0) is 14.0. The summed E-state index contributed by atoms with van der Waals surface area (Å²) in [5.41, 5.74) is 0. The molecule has 2 rings (SSSR count). The minimum absolute atomic E-state index is 0.159. The van der Waals surface area contributed by atoms with Crippen molar-refractivity contribution in [3.05, 3.63) is 0 Å². The van der Waals surface area contributed by atoms with E-state index in [1.807, 2.05) is 0 Å². The fraction of sp³-hybridized carbons (Fsp3) is 0.923. The third-order valence-corrected chi connectivity index (χ3v) is 4.47. The predicted molar refractivity (Wildman–Crippen MR) is 63.7 cm³/mol. The zero-order valence-corrected chi connectivity index (χ0v) is 10.8. The van der Waals surface area contributed by atoms with Crippen LogP contribution >= 0.6 is 0 Å². The van der Waals surface area contributed by atoms with Gasteiger partial charge in [0.15, 0.2) is 5.92 Å². The molecule has 1 N–H and O–H groups in total. The summed E-state index contributed by atoms with van der Waals surface area (Å²) in [6, 6.07) is 0.159. The van der Waals surface area contributed by atoms with Crippen LogP contribution in [0.15, 0.2) is 0 Å². The van der Waals surface area contributed by atoms with Crippen molar-refractivity contribution in [1.82, 2.24) is 4.90 Å². The highest BCUT2D eigenvalue weighted by Crippen LogP contribution is 2.37. The number of aliphatic carboxylic acids is 1. The monoisotopic (exact) mass is 279 g/mol. The first kappa shape index (κ1) is 14.6. The molecule has 1 aliphatic heterocycles. The third kappa shape index (κ3) is 3.41. The summed E-state index contributed by atoms with van der Waals surface area (Å²) < 4.78 is 38.2. The van der Waals surface area contributed by atoms with E-state index in [-0.39, 0.29) is 12.6 Å². The molecule has 0 aromatic heterocycles. The molecule has 0 radical (unpaired) electrons. The molecule has 2 aliphatic rings. The number of nitrogens with zero attached hydrogens (tertiary/aromatic N) is 1. The number of rotatable bonds is 3. The van der Waals surface area contributed by atoms with Crippen LogP contribution in [0.1, 0.15) is 38.5 Å². The molecule has 1 saturated heterocycles. The van der Waals surface area contributed by atoms with Gasteiger partial charge in [-0.3, -0.25) is 9.69 Å². The Balaban J connectivity index is 2.05. The lowest BCUT2D eigenvalue weighted by molar-refractivity contribution is -0.198. The number of piperidine rings is 1. The molecule has 1 unspecified atom stereocenters. The van der Waals surface area contributed by atoms with Gasteiger partial charge in [-0.25, -0.2) is 0 Å². The highest BCUT2D eigenvalue weighted by Gasteiger charge is 2.47. The maximum atomic E-state index is 12.7. The Morgan fingerprint density at radius 2 is 1.84 bits per heavy atom. The van der Waals surface area contributed by atoms with Crippen LogP contribution in [0.3, 0.4) is 0 Å². The largest absolute Gasteiger partial charge is 0.481 e. The maximum Gasteiger partial charge on any atom is 0.403 e. The van der Waals surface area contributed by atoms with E-state index >= 15 is 0 Å². The number of hydrogen-bond acceptors (Lipinski definition) is 2. The second-order valence-electron chi connectivity index (χ2n) is 5.68. The number of likely N-dealkylation sites (tertiary alicyclic amines) is 1. The number of carbonyl (C=O) groups is 1. The Morgan fingerprint density at radius 1 is 1.21 bits per heavy atom. The maximum absolute atomic E-state index is 12.7. The summed E-state index contributed by atoms with van der Waals surface area (Å²) in [7, 11) is 0. The minimum Gasteiger partial charge on any atom is -0.481 e. The Kier molecular flexibility index (Phi) is 4.38. The topological polar surface area (TPSA) is 40.5 Å². The standard InChI is InChI=1S/C13H20F3NO2/c14-13(15,16)10(12(18)19)8-17-7-3-5-9-4-1-2-6-11(9)17/h9-11H,1-8H2,(H,18,19)/t9-,10?,11-/m1/s1. The van der Waals surface area contributed by atoms with E-state index in [1.165, 1.54) is 0 Å². The van der Waals surface area contributed by atoms with Crippen LogP contribution in [-0.4, -0.2) is 41.3 Å². The average molecular weight is 279 g/mol. The van der Waals surface area contributed by atoms with E-state index in [0.717, 1.165) is 38.5 Å². The normalized spacial score (nSPS) is 30.7. The van der Waals surface area contributed by atoms with Crippen molar-refractivity contribution in [2.24, 2.45) is 11.8 Å². The van der Waals surface area contributed by atoms with Gasteiger partial charge in [-0.2, -0.15) is 13.2 Å². The van der Waals surface area contributed by atoms with Gasteiger partial charge < -0.3 is 5.11 Å². The van der Waals surface area contributed by atoms with Crippen molar-refractivity contribution >= 4 is 5.97 Å². The summed E-state index contributed by atoms with van der Waals surface area (Å²) in [4.78, 5) is 12.6. The Morgan fingerprint density at radius 3 is 2.47 bits per heavy atom. The van der Waals surface area contributed by atoms with E-state index in [1.54, 1.807) is 4.90 Å². The van der Waals surface area contributed by atoms with Crippen LogP contribution in [0.4, 0.5) is 13.2 Å². The summed E-state index contributed by atoms with van der Waals surface area (Å²) >= 11 is 0. The first-order chi connectivity index (χ1) is 8.89. The number of fused-ring (bicyclic) bond motifs is 1. The molecule has 1 saturated carbocycles. The second kappa shape index (κ2) is 5.69. The zero-order valence-electron chi connectivity index (χ0n) is 10.8. The van der Waals surface area contributed by atoms with Crippen molar-refractivity contribution in [3.8, 4) is 0 Å². The van der Waals surface area contributed by atoms with Gasteiger partial charge in [-0.05, 0) is 38.1 Å². The Bertz CT molecular complexity index is 330. The van der Waals surface area contributed by atoms with Gasteiger partial charge in [0.1, 0.15) is 0 Å². The quantitative estimate of drug-likeness (QED) is 0.863. The lowest BCUT2D eigenvalue weighted by Crippen LogP contribution is -2.51. The van der Waals surface area contributed by atoms with Crippen LogP contribution in [0.5, 0.6) is 0 Å². The molecule has 110 valence electrons. The van der Waals surface area contributed by atoms with Crippen LogP contribution < -0.4 is 0 Å². The van der Waals surface area contributed by atoms with Crippen LogP contribution in [-0.2, 0) is 4.79 Å². The van der Waals surface area contributed by atoms with Gasteiger partial charge in [0.2, 0.25) is 0 Å². The molecule has 3 nitrogen and oxygen atoms in total. The fourth-order valence-corrected chi connectivity index (χ4v) is 3.51. The van der Waals surface area contributed by atoms with Crippen LogP contribution in [0, 0.1) is 11.8 Å². The molecule has 0 bridgehead atoms. The van der Waals surface area contributed by atoms with Gasteiger partial charge in [-0.15, -0.1) is 0 Å². The van der Waals surface area contributed by atoms with Crippen molar-refractivity contribution in [2.45, 2.75) is 50.7 Å². The molecule has 1 heterocycles. The number of halogens is 3. The van der Waals surface area contributed by atoms with Crippen molar-refractivity contribution in [1.29, 1.82) is 0 Å². The molecule has 0 aromatic rings. The minimum atomic E-state index is -4.66. The third-order valence-electron chi connectivity index (χ3n) is 4.47. The second-order valence-corrected chi connectivity index (χ2v) is 5.68. The fourth-order valence-electron chi connectivity index (χ4n) is 3.51. The number of alkyl halides is 3. The number of carboxylic acids is 1. The van der Waals surface area contributed by atoms with E-state index in [9.17, 15) is 18.0 Å². The van der Waals surface area contributed by atoms with Gasteiger partial charge >= 0.3 is 12.1 Å². The SMILES string of the molecule is O=C(O)C(CN1CCC[C@H]2CCCC[C@H]21)C(F)(F)F. The highest BCUT2D eigenvalue weighted by molar-refractivity contribution is 5.71. The average Bonchev–Trinajstić information content (AvgIpc) is 2.34. The molecule has 19 heavy (non-hydrogen) atoms. The lowest BCUT2D eigenvalue weighted by atomic mass is 9.78. The van der Waals surface area contributed by atoms with E-state index in [0.29, 0.717) is 12.5 Å². The first-order valence-electron chi connectivity index (χ1n) is 6.93. The summed E-state index contributed by atoms with van der Waals surface area (Å²) in [6.07, 6.45) is 1.47. The van der Waals surface area contributed by atoms with Gasteiger partial charge in [0, 0.05) is 12.6 Å². The molecule has 3 atom stereocenters. The molecule has 2 fully saturated rings. The lowest BCUT2D eigenvalue weighted by Gasteiger charge is -2.45. The van der Waals surface area contributed by atoms with Crippen molar-refractivity contribution in [3.63, 3.8) is 0 Å². The molecule has 1 aliphatic carbocycles.